The molecule has 2 aliphatic rings. The Bertz CT molecular complexity index is 382. The van der Waals surface area contributed by atoms with E-state index in [0.29, 0.717) is 0 Å². The first-order valence-corrected chi connectivity index (χ1v) is 4.56. The molecule has 0 radical (unpaired) electrons. The number of pyridine rings is 1. The summed E-state index contributed by atoms with van der Waals surface area (Å²) in [6.45, 7) is 0. The summed E-state index contributed by atoms with van der Waals surface area (Å²) in [5.41, 5.74) is 1.12. The van der Waals surface area contributed by atoms with Gasteiger partial charge in [0.15, 0.2) is 0 Å². The number of carbonyl (C=O) groups is 1. The standard InChI is InChI=1S/C10H10N2O/c13-9-10(3-4-10)6-7-2-1-5-11-8(7)12-9/h1-2,5H,3-4,6H2,(H,11,12,13). The Balaban J connectivity index is 2.07. The van der Waals surface area contributed by atoms with Crippen LogP contribution in [0.2, 0.25) is 0 Å². The SMILES string of the molecule is O=C1Nc2ncccc2CC12CC2. The van der Waals surface area contributed by atoms with Crippen LogP contribution in [0.1, 0.15) is 18.4 Å². The molecule has 3 nitrogen and oxygen atoms in total. The second-order valence-electron chi connectivity index (χ2n) is 3.92. The van der Waals surface area contributed by atoms with Crippen LogP contribution in [0.5, 0.6) is 0 Å². The van der Waals surface area contributed by atoms with Crippen molar-refractivity contribution in [1.82, 2.24) is 4.98 Å². The number of aromatic nitrogens is 1. The van der Waals surface area contributed by atoms with Crippen LogP contribution in [0.15, 0.2) is 18.3 Å². The molecule has 0 bridgehead atoms. The maximum atomic E-state index is 11.6. The molecule has 1 fully saturated rings. The molecule has 1 saturated carbocycles. The number of hydrogen-bond acceptors (Lipinski definition) is 2. The lowest BCUT2D eigenvalue weighted by molar-refractivity contribution is -0.121. The molecule has 3 rings (SSSR count). The second kappa shape index (κ2) is 2.10. The van der Waals surface area contributed by atoms with Gasteiger partial charge in [-0.05, 0) is 30.9 Å². The number of fused-ring (bicyclic) bond motifs is 1. The molecule has 13 heavy (non-hydrogen) atoms. The van der Waals surface area contributed by atoms with E-state index < -0.39 is 0 Å². The van der Waals surface area contributed by atoms with Gasteiger partial charge in [0, 0.05) is 6.20 Å². The van der Waals surface area contributed by atoms with E-state index in [1.807, 2.05) is 12.1 Å². The van der Waals surface area contributed by atoms with Crippen LogP contribution < -0.4 is 5.32 Å². The van der Waals surface area contributed by atoms with E-state index in [4.69, 9.17) is 0 Å². The van der Waals surface area contributed by atoms with Gasteiger partial charge in [0.2, 0.25) is 5.91 Å². The molecule has 66 valence electrons. The molecule has 1 amide bonds. The monoisotopic (exact) mass is 174 g/mol. The molecule has 1 aliphatic carbocycles. The minimum atomic E-state index is -0.0595. The molecule has 1 N–H and O–H groups in total. The molecule has 3 heteroatoms. The van der Waals surface area contributed by atoms with Crippen LogP contribution >= 0.6 is 0 Å². The van der Waals surface area contributed by atoms with Gasteiger partial charge in [-0.15, -0.1) is 0 Å². The molecule has 0 unspecified atom stereocenters. The number of rotatable bonds is 0. The van der Waals surface area contributed by atoms with Crippen LogP contribution in [-0.4, -0.2) is 10.9 Å². The Morgan fingerprint density at radius 1 is 1.46 bits per heavy atom. The van der Waals surface area contributed by atoms with Gasteiger partial charge in [0.1, 0.15) is 5.82 Å². The maximum absolute atomic E-state index is 11.6. The Morgan fingerprint density at radius 2 is 2.31 bits per heavy atom. The third-order valence-electron chi connectivity index (χ3n) is 2.99. The molecule has 0 aromatic carbocycles. The molecule has 0 atom stereocenters. The van der Waals surface area contributed by atoms with Crippen LogP contribution in [0.3, 0.4) is 0 Å². The van der Waals surface area contributed by atoms with Gasteiger partial charge >= 0.3 is 0 Å². The lowest BCUT2D eigenvalue weighted by Crippen LogP contribution is -2.31. The van der Waals surface area contributed by atoms with E-state index in [1.165, 1.54) is 5.56 Å². The van der Waals surface area contributed by atoms with Crippen LogP contribution in [-0.2, 0) is 11.2 Å². The van der Waals surface area contributed by atoms with E-state index in [-0.39, 0.29) is 11.3 Å². The van der Waals surface area contributed by atoms with Crippen molar-refractivity contribution >= 4 is 11.7 Å². The molecule has 1 spiro atoms. The maximum Gasteiger partial charge on any atom is 0.232 e. The number of nitrogens with zero attached hydrogens (tertiary/aromatic N) is 1. The molecule has 1 aromatic rings. The van der Waals surface area contributed by atoms with Crippen LogP contribution in [0, 0.1) is 5.41 Å². The number of carbonyl (C=O) groups excluding carboxylic acids is 1. The normalized spacial score (nSPS) is 22.3. The van der Waals surface area contributed by atoms with E-state index in [1.54, 1.807) is 6.20 Å². The molecule has 0 saturated heterocycles. The van der Waals surface area contributed by atoms with Crippen molar-refractivity contribution in [1.29, 1.82) is 0 Å². The third kappa shape index (κ3) is 0.899. The van der Waals surface area contributed by atoms with Crippen molar-refractivity contribution in [2.45, 2.75) is 19.3 Å². The molecular formula is C10H10N2O. The van der Waals surface area contributed by atoms with E-state index >= 15 is 0 Å². The summed E-state index contributed by atoms with van der Waals surface area (Å²) in [5.74, 6) is 0.920. The van der Waals surface area contributed by atoms with Crippen molar-refractivity contribution in [3.05, 3.63) is 23.9 Å². The lowest BCUT2D eigenvalue weighted by Gasteiger charge is -2.22. The fourth-order valence-corrected chi connectivity index (χ4v) is 1.93. The van der Waals surface area contributed by atoms with Gasteiger partial charge in [0.05, 0.1) is 5.41 Å². The zero-order valence-electron chi connectivity index (χ0n) is 7.21. The van der Waals surface area contributed by atoms with Crippen molar-refractivity contribution in [2.75, 3.05) is 5.32 Å². The van der Waals surface area contributed by atoms with Gasteiger partial charge in [0.25, 0.3) is 0 Å². The summed E-state index contributed by atoms with van der Waals surface area (Å²) < 4.78 is 0. The Morgan fingerprint density at radius 3 is 3.08 bits per heavy atom. The largest absolute Gasteiger partial charge is 0.310 e. The lowest BCUT2D eigenvalue weighted by atomic mass is 9.92. The van der Waals surface area contributed by atoms with E-state index in [0.717, 1.165) is 25.1 Å². The molecule has 1 aliphatic heterocycles. The summed E-state index contributed by atoms with van der Waals surface area (Å²) in [6, 6.07) is 3.97. The highest BCUT2D eigenvalue weighted by Gasteiger charge is 2.52. The molecule has 1 aromatic heterocycles. The van der Waals surface area contributed by atoms with E-state index in [2.05, 4.69) is 10.3 Å². The summed E-state index contributed by atoms with van der Waals surface area (Å²) >= 11 is 0. The molecular weight excluding hydrogens is 164 g/mol. The van der Waals surface area contributed by atoms with Crippen molar-refractivity contribution in [3.8, 4) is 0 Å². The highest BCUT2D eigenvalue weighted by molar-refractivity contribution is 5.99. The quantitative estimate of drug-likeness (QED) is 0.645. The van der Waals surface area contributed by atoms with Crippen LogP contribution in [0.4, 0.5) is 5.82 Å². The first-order valence-electron chi connectivity index (χ1n) is 4.56. The second-order valence-corrected chi connectivity index (χ2v) is 3.92. The van der Waals surface area contributed by atoms with Gasteiger partial charge in [-0.2, -0.15) is 0 Å². The minimum absolute atomic E-state index is 0.0595. The number of anilines is 1. The van der Waals surface area contributed by atoms with Crippen LogP contribution in [0.25, 0.3) is 0 Å². The number of amides is 1. The fourth-order valence-electron chi connectivity index (χ4n) is 1.93. The Kier molecular flexibility index (Phi) is 1.14. The third-order valence-corrected chi connectivity index (χ3v) is 2.99. The summed E-state index contributed by atoms with van der Waals surface area (Å²) in [6.07, 6.45) is 4.66. The van der Waals surface area contributed by atoms with Crippen molar-refractivity contribution in [2.24, 2.45) is 5.41 Å². The topological polar surface area (TPSA) is 42.0 Å². The number of nitrogens with one attached hydrogen (secondary N) is 1. The summed E-state index contributed by atoms with van der Waals surface area (Å²) in [5, 5.41) is 2.86. The van der Waals surface area contributed by atoms with Gasteiger partial charge in [-0.25, -0.2) is 4.98 Å². The average molecular weight is 174 g/mol. The first kappa shape index (κ1) is 7.06. The molecule has 2 heterocycles. The van der Waals surface area contributed by atoms with Gasteiger partial charge < -0.3 is 5.32 Å². The van der Waals surface area contributed by atoms with Gasteiger partial charge in [-0.1, -0.05) is 6.07 Å². The Labute approximate surface area is 76.2 Å². The predicted molar refractivity (Wildman–Crippen MR) is 48.2 cm³/mol. The summed E-state index contributed by atoms with van der Waals surface area (Å²) in [7, 11) is 0. The highest BCUT2D eigenvalue weighted by Crippen LogP contribution is 2.51. The highest BCUT2D eigenvalue weighted by atomic mass is 16.2. The van der Waals surface area contributed by atoms with Gasteiger partial charge in [-0.3, -0.25) is 4.79 Å². The zero-order chi connectivity index (χ0) is 8.89. The first-order chi connectivity index (χ1) is 6.30. The average Bonchev–Trinajstić information content (AvgIpc) is 2.88. The summed E-state index contributed by atoms with van der Waals surface area (Å²) in [4.78, 5) is 15.7. The van der Waals surface area contributed by atoms with Crippen molar-refractivity contribution < 1.29 is 4.79 Å². The predicted octanol–water partition coefficient (Wildman–Crippen LogP) is 1.36. The minimum Gasteiger partial charge on any atom is -0.310 e. The number of hydrogen-bond donors (Lipinski definition) is 1. The smallest absolute Gasteiger partial charge is 0.232 e. The van der Waals surface area contributed by atoms with E-state index in [9.17, 15) is 4.79 Å². The van der Waals surface area contributed by atoms with Crippen molar-refractivity contribution in [3.63, 3.8) is 0 Å². The fraction of sp³-hybridized carbons (Fsp3) is 0.400. The Hall–Kier alpha value is -1.38. The zero-order valence-corrected chi connectivity index (χ0v) is 7.21.